The van der Waals surface area contributed by atoms with Gasteiger partial charge in [-0.25, -0.2) is 0 Å². The fraction of sp³-hybridized carbons (Fsp3) is 0.231. The van der Waals surface area contributed by atoms with E-state index in [1.807, 2.05) is 0 Å². The van der Waals surface area contributed by atoms with Crippen molar-refractivity contribution >= 4 is 34.8 Å². The zero-order chi connectivity index (χ0) is 13.4. The van der Waals surface area contributed by atoms with Gasteiger partial charge in [0.2, 0.25) is 0 Å². The first-order chi connectivity index (χ1) is 9.13. The third kappa shape index (κ3) is 2.74. The molecule has 0 bridgehead atoms. The topological polar surface area (TPSA) is 55.1 Å². The van der Waals surface area contributed by atoms with E-state index in [-0.39, 0.29) is 11.6 Å². The molecule has 1 saturated carbocycles. The van der Waals surface area contributed by atoms with E-state index >= 15 is 0 Å². The molecule has 1 N–H and O–H groups in total. The summed E-state index contributed by atoms with van der Waals surface area (Å²) in [6, 6.07) is 6.57. The Morgan fingerprint density at radius 1 is 1.26 bits per heavy atom. The van der Waals surface area contributed by atoms with Crippen molar-refractivity contribution < 1.29 is 9.32 Å². The first-order valence-corrected chi connectivity index (χ1v) is 6.62. The predicted octanol–water partition coefficient (Wildman–Crippen LogP) is 4.11. The van der Waals surface area contributed by atoms with Crippen molar-refractivity contribution in [3.63, 3.8) is 0 Å². The zero-order valence-electron chi connectivity index (χ0n) is 9.82. The molecule has 1 aromatic carbocycles. The predicted molar refractivity (Wildman–Crippen MR) is 72.9 cm³/mol. The Morgan fingerprint density at radius 3 is 2.74 bits per heavy atom. The van der Waals surface area contributed by atoms with Gasteiger partial charge in [-0.05, 0) is 31.0 Å². The maximum Gasteiger partial charge on any atom is 0.277 e. The van der Waals surface area contributed by atoms with Gasteiger partial charge >= 0.3 is 0 Å². The number of amides is 1. The first-order valence-electron chi connectivity index (χ1n) is 5.86. The van der Waals surface area contributed by atoms with Gasteiger partial charge in [-0.2, -0.15) is 0 Å². The van der Waals surface area contributed by atoms with Gasteiger partial charge in [0.25, 0.3) is 5.91 Å². The summed E-state index contributed by atoms with van der Waals surface area (Å²) in [5.41, 5.74) is 0.836. The number of carbonyl (C=O) groups is 1. The summed E-state index contributed by atoms with van der Waals surface area (Å²) >= 11 is 11.7. The molecule has 19 heavy (non-hydrogen) atoms. The number of carbonyl (C=O) groups excluding carboxylic acids is 1. The number of nitrogens with zero attached hydrogens (tertiary/aromatic N) is 1. The highest BCUT2D eigenvalue weighted by Gasteiger charge is 2.28. The molecule has 6 heteroatoms. The number of rotatable bonds is 3. The van der Waals surface area contributed by atoms with Crippen molar-refractivity contribution in [1.29, 1.82) is 0 Å². The fourth-order valence-corrected chi connectivity index (χ4v) is 2.02. The van der Waals surface area contributed by atoms with Gasteiger partial charge in [-0.15, -0.1) is 0 Å². The van der Waals surface area contributed by atoms with Gasteiger partial charge in [0.15, 0.2) is 5.69 Å². The normalized spacial score (nSPS) is 14.4. The molecule has 4 nitrogen and oxygen atoms in total. The Hall–Kier alpha value is -1.52. The third-order valence-electron chi connectivity index (χ3n) is 2.92. The van der Waals surface area contributed by atoms with Gasteiger partial charge in [0.05, 0.1) is 10.0 Å². The highest BCUT2D eigenvalue weighted by Crippen LogP contribution is 2.40. The molecule has 0 spiro atoms. The lowest BCUT2D eigenvalue weighted by molar-refractivity contribution is 0.101. The summed E-state index contributed by atoms with van der Waals surface area (Å²) in [6.45, 7) is 0. The van der Waals surface area contributed by atoms with Crippen LogP contribution in [-0.4, -0.2) is 11.1 Å². The maximum absolute atomic E-state index is 12.0. The van der Waals surface area contributed by atoms with Crippen molar-refractivity contribution in [2.45, 2.75) is 18.8 Å². The van der Waals surface area contributed by atoms with Crippen molar-refractivity contribution in [3.8, 4) is 0 Å². The van der Waals surface area contributed by atoms with Gasteiger partial charge in [0, 0.05) is 17.7 Å². The standard InChI is InChI=1S/C13H10Cl2N2O2/c14-9-4-3-8(5-10(9)15)16-13(18)11-6-12(19-17-11)7-1-2-7/h3-7H,1-2H2,(H,16,18). The minimum absolute atomic E-state index is 0.271. The summed E-state index contributed by atoms with van der Waals surface area (Å²) in [6.07, 6.45) is 2.20. The minimum atomic E-state index is -0.325. The van der Waals surface area contributed by atoms with Crippen molar-refractivity contribution in [2.24, 2.45) is 0 Å². The van der Waals surface area contributed by atoms with Crippen LogP contribution in [0.4, 0.5) is 5.69 Å². The molecule has 1 amide bonds. The lowest BCUT2D eigenvalue weighted by Gasteiger charge is -2.03. The highest BCUT2D eigenvalue weighted by molar-refractivity contribution is 6.42. The Morgan fingerprint density at radius 2 is 2.05 bits per heavy atom. The average molecular weight is 297 g/mol. The highest BCUT2D eigenvalue weighted by atomic mass is 35.5. The third-order valence-corrected chi connectivity index (χ3v) is 3.66. The fourth-order valence-electron chi connectivity index (χ4n) is 1.73. The smallest absolute Gasteiger partial charge is 0.277 e. The summed E-state index contributed by atoms with van der Waals surface area (Å²) in [5, 5.41) is 7.29. The number of aromatic nitrogens is 1. The van der Waals surface area contributed by atoms with E-state index in [2.05, 4.69) is 10.5 Å². The average Bonchev–Trinajstić information content (AvgIpc) is 3.11. The number of nitrogens with one attached hydrogen (secondary N) is 1. The molecule has 2 aromatic rings. The lowest BCUT2D eigenvalue weighted by atomic mass is 10.2. The van der Waals surface area contributed by atoms with Crippen molar-refractivity contribution in [3.05, 3.63) is 45.8 Å². The molecule has 0 radical (unpaired) electrons. The molecule has 1 fully saturated rings. The summed E-state index contributed by atoms with van der Waals surface area (Å²) in [5.74, 6) is 0.882. The zero-order valence-corrected chi connectivity index (χ0v) is 11.3. The largest absolute Gasteiger partial charge is 0.360 e. The molecule has 0 atom stereocenters. The van der Waals surface area contributed by atoms with E-state index in [1.54, 1.807) is 24.3 Å². The van der Waals surface area contributed by atoms with Crippen LogP contribution in [-0.2, 0) is 0 Å². The van der Waals surface area contributed by atoms with E-state index in [0.717, 1.165) is 18.6 Å². The summed E-state index contributed by atoms with van der Waals surface area (Å²) < 4.78 is 5.13. The molecular formula is C13H10Cl2N2O2. The van der Waals surface area contributed by atoms with E-state index in [1.165, 1.54) is 0 Å². The summed E-state index contributed by atoms with van der Waals surface area (Å²) in [4.78, 5) is 12.0. The van der Waals surface area contributed by atoms with Crippen LogP contribution in [0.1, 0.15) is 35.0 Å². The second kappa shape index (κ2) is 4.87. The number of anilines is 1. The molecule has 0 aliphatic heterocycles. The van der Waals surface area contributed by atoms with E-state index in [4.69, 9.17) is 27.7 Å². The number of hydrogen-bond donors (Lipinski definition) is 1. The number of hydrogen-bond acceptors (Lipinski definition) is 3. The van der Waals surface area contributed by atoms with Crippen molar-refractivity contribution in [1.82, 2.24) is 5.16 Å². The SMILES string of the molecule is O=C(Nc1ccc(Cl)c(Cl)c1)c1cc(C2CC2)on1. The minimum Gasteiger partial charge on any atom is -0.360 e. The molecule has 3 rings (SSSR count). The molecule has 98 valence electrons. The molecule has 1 aliphatic rings. The Balaban J connectivity index is 1.74. The van der Waals surface area contributed by atoms with Crippen LogP contribution in [0.2, 0.25) is 10.0 Å². The van der Waals surface area contributed by atoms with Gasteiger partial charge < -0.3 is 9.84 Å². The van der Waals surface area contributed by atoms with Gasteiger partial charge in [0.1, 0.15) is 5.76 Å². The Bertz CT molecular complexity index is 635. The number of halogens is 2. The molecule has 0 unspecified atom stereocenters. The van der Waals surface area contributed by atoms with E-state index in [9.17, 15) is 4.79 Å². The number of benzene rings is 1. The van der Waals surface area contributed by atoms with Crippen LogP contribution in [0.5, 0.6) is 0 Å². The van der Waals surface area contributed by atoms with Crippen LogP contribution in [0.25, 0.3) is 0 Å². The monoisotopic (exact) mass is 296 g/mol. The first kappa shape index (κ1) is 12.5. The van der Waals surface area contributed by atoms with Crippen LogP contribution in [0.15, 0.2) is 28.8 Å². The molecule has 0 saturated heterocycles. The van der Waals surface area contributed by atoms with Gasteiger partial charge in [-0.3, -0.25) is 4.79 Å². The quantitative estimate of drug-likeness (QED) is 0.927. The molecule has 1 heterocycles. The maximum atomic E-state index is 12.0. The second-order valence-electron chi connectivity index (χ2n) is 4.47. The second-order valence-corrected chi connectivity index (χ2v) is 5.29. The molecular weight excluding hydrogens is 287 g/mol. The Kier molecular flexibility index (Phi) is 3.21. The molecule has 1 aromatic heterocycles. The van der Waals surface area contributed by atoms with Crippen LogP contribution >= 0.6 is 23.2 Å². The van der Waals surface area contributed by atoms with Crippen LogP contribution in [0, 0.1) is 0 Å². The van der Waals surface area contributed by atoms with E-state index < -0.39 is 0 Å². The summed E-state index contributed by atoms with van der Waals surface area (Å²) in [7, 11) is 0. The lowest BCUT2D eigenvalue weighted by Crippen LogP contribution is -2.12. The van der Waals surface area contributed by atoms with Gasteiger partial charge in [-0.1, -0.05) is 28.4 Å². The van der Waals surface area contributed by atoms with Crippen LogP contribution in [0.3, 0.4) is 0 Å². The van der Waals surface area contributed by atoms with Crippen LogP contribution < -0.4 is 5.32 Å². The molecule has 1 aliphatic carbocycles. The van der Waals surface area contributed by atoms with Crippen molar-refractivity contribution in [2.75, 3.05) is 5.32 Å². The Labute approximate surface area is 119 Å². The van der Waals surface area contributed by atoms with E-state index in [0.29, 0.717) is 21.7 Å².